The number of rotatable bonds is 7. The summed E-state index contributed by atoms with van der Waals surface area (Å²) in [5.41, 5.74) is 4.19. The molecule has 0 fully saturated rings. The van der Waals surface area contributed by atoms with Gasteiger partial charge in [0.15, 0.2) is 5.82 Å². The van der Waals surface area contributed by atoms with Gasteiger partial charge in [-0.3, -0.25) is 0 Å². The van der Waals surface area contributed by atoms with Gasteiger partial charge in [0.2, 0.25) is 5.88 Å². The number of urea groups is 1. The molecule has 0 aliphatic rings. The molecule has 0 radical (unpaired) electrons. The van der Waals surface area contributed by atoms with E-state index in [-0.39, 0.29) is 0 Å². The highest BCUT2D eigenvalue weighted by Crippen LogP contribution is 2.26. The third-order valence-corrected chi connectivity index (χ3v) is 5.44. The van der Waals surface area contributed by atoms with Gasteiger partial charge in [-0.1, -0.05) is 0 Å². The van der Waals surface area contributed by atoms with Crippen molar-refractivity contribution in [2.45, 2.75) is 20.8 Å². The number of hydrogen-bond donors (Lipinski definition) is 2. The lowest BCUT2D eigenvalue weighted by molar-refractivity contribution is 0.262. The molecular formula is C25H26N6O4. The van der Waals surface area contributed by atoms with Crippen LogP contribution in [-0.4, -0.2) is 40.0 Å². The lowest BCUT2D eigenvalue weighted by Crippen LogP contribution is -2.19. The predicted octanol–water partition coefficient (Wildman–Crippen LogP) is 5.04. The Morgan fingerprint density at radius 1 is 0.829 bits per heavy atom. The van der Waals surface area contributed by atoms with Gasteiger partial charge in [-0.25, -0.2) is 19.4 Å². The number of amides is 2. The van der Waals surface area contributed by atoms with E-state index in [9.17, 15) is 4.79 Å². The zero-order valence-electron chi connectivity index (χ0n) is 20.1. The first-order valence-corrected chi connectivity index (χ1v) is 10.8. The Kier molecular flexibility index (Phi) is 6.81. The van der Waals surface area contributed by atoms with Crippen molar-refractivity contribution < 1.29 is 19.0 Å². The molecule has 0 atom stereocenters. The highest BCUT2D eigenvalue weighted by molar-refractivity contribution is 6.00. The minimum Gasteiger partial charge on any atom is -0.497 e. The van der Waals surface area contributed by atoms with Crippen molar-refractivity contribution in [2.24, 2.45) is 0 Å². The number of ether oxygens (including phenoxy) is 3. The predicted molar refractivity (Wildman–Crippen MR) is 132 cm³/mol. The van der Waals surface area contributed by atoms with Crippen LogP contribution in [0.2, 0.25) is 0 Å². The van der Waals surface area contributed by atoms with Gasteiger partial charge in [0.05, 0.1) is 19.9 Å². The molecule has 4 rings (SSSR count). The van der Waals surface area contributed by atoms with Gasteiger partial charge in [0.1, 0.15) is 23.6 Å². The van der Waals surface area contributed by atoms with Crippen LogP contribution < -0.4 is 24.8 Å². The molecule has 0 aliphatic carbocycles. The Hall–Kier alpha value is -4.60. The highest BCUT2D eigenvalue weighted by Gasteiger charge is 2.12. The highest BCUT2D eigenvalue weighted by atomic mass is 16.5. The Bertz CT molecular complexity index is 1330. The van der Waals surface area contributed by atoms with E-state index in [4.69, 9.17) is 14.2 Å². The van der Waals surface area contributed by atoms with Crippen LogP contribution in [0.4, 0.5) is 16.2 Å². The second-order valence-corrected chi connectivity index (χ2v) is 7.73. The standard InChI is InChI=1S/C25H26N6O4/c1-15-16(2)30-31(17(15)3)23-13-24(27-14-26-23)35-20-8-6-18(7-9-20)28-25(32)29-19-10-21(33-4)12-22(11-19)34-5/h6-14H,1-5H3,(H2,28,29,32). The molecule has 0 bridgehead atoms. The van der Waals surface area contributed by atoms with E-state index < -0.39 is 6.03 Å². The van der Waals surface area contributed by atoms with Gasteiger partial charge < -0.3 is 24.8 Å². The van der Waals surface area contributed by atoms with Crippen LogP contribution in [0, 0.1) is 20.8 Å². The van der Waals surface area contributed by atoms with Crippen LogP contribution in [0.5, 0.6) is 23.1 Å². The maximum absolute atomic E-state index is 12.4. The van der Waals surface area contributed by atoms with Crippen molar-refractivity contribution in [1.29, 1.82) is 0 Å². The molecule has 0 saturated heterocycles. The fraction of sp³-hybridized carbons (Fsp3) is 0.200. The summed E-state index contributed by atoms with van der Waals surface area (Å²) in [4.78, 5) is 20.9. The average Bonchev–Trinajstić information content (AvgIpc) is 3.12. The van der Waals surface area contributed by atoms with E-state index in [1.807, 2.05) is 20.8 Å². The number of carbonyl (C=O) groups is 1. The van der Waals surface area contributed by atoms with Gasteiger partial charge in [0.25, 0.3) is 0 Å². The monoisotopic (exact) mass is 474 g/mol. The van der Waals surface area contributed by atoms with E-state index in [0.717, 1.165) is 17.0 Å². The number of nitrogens with one attached hydrogen (secondary N) is 2. The van der Waals surface area contributed by atoms with Crippen molar-refractivity contribution in [1.82, 2.24) is 19.7 Å². The first-order chi connectivity index (χ1) is 16.9. The number of carbonyl (C=O) groups excluding carboxylic acids is 1. The van der Waals surface area contributed by atoms with Gasteiger partial charge in [-0.15, -0.1) is 0 Å². The molecule has 2 aromatic carbocycles. The molecule has 2 N–H and O–H groups in total. The van der Waals surface area contributed by atoms with Crippen LogP contribution in [-0.2, 0) is 0 Å². The molecule has 0 unspecified atom stereocenters. The fourth-order valence-electron chi connectivity index (χ4n) is 3.35. The number of hydrogen-bond acceptors (Lipinski definition) is 7. The molecule has 0 saturated carbocycles. The third kappa shape index (κ3) is 5.49. The van der Waals surface area contributed by atoms with E-state index in [0.29, 0.717) is 40.3 Å². The van der Waals surface area contributed by atoms with Crippen molar-refractivity contribution in [2.75, 3.05) is 24.9 Å². The van der Waals surface area contributed by atoms with Crippen molar-refractivity contribution >= 4 is 17.4 Å². The molecule has 2 heterocycles. The summed E-state index contributed by atoms with van der Waals surface area (Å²) in [6.07, 6.45) is 1.43. The van der Waals surface area contributed by atoms with Gasteiger partial charge >= 0.3 is 6.03 Å². The first kappa shape index (κ1) is 23.6. The molecule has 10 nitrogen and oxygen atoms in total. The maximum atomic E-state index is 12.4. The Balaban J connectivity index is 1.41. The lowest BCUT2D eigenvalue weighted by atomic mass is 10.2. The maximum Gasteiger partial charge on any atom is 0.323 e. The molecule has 2 amide bonds. The molecular weight excluding hydrogens is 448 g/mol. The lowest BCUT2D eigenvalue weighted by Gasteiger charge is -2.11. The van der Waals surface area contributed by atoms with Crippen molar-refractivity contribution in [3.05, 3.63) is 71.8 Å². The molecule has 0 spiro atoms. The Morgan fingerprint density at radius 2 is 1.49 bits per heavy atom. The molecule has 4 aromatic rings. The second kappa shape index (κ2) is 10.1. The summed E-state index contributed by atoms with van der Waals surface area (Å²) in [7, 11) is 3.09. The van der Waals surface area contributed by atoms with E-state index in [1.165, 1.54) is 6.33 Å². The van der Waals surface area contributed by atoms with Crippen molar-refractivity contribution in [3.8, 4) is 28.9 Å². The second-order valence-electron chi connectivity index (χ2n) is 7.73. The number of aryl methyl sites for hydroxylation is 1. The summed E-state index contributed by atoms with van der Waals surface area (Å²) in [6.45, 7) is 5.97. The van der Waals surface area contributed by atoms with E-state index >= 15 is 0 Å². The van der Waals surface area contributed by atoms with Gasteiger partial charge in [-0.05, 0) is 50.6 Å². The minimum absolute atomic E-state index is 0.380. The Morgan fingerprint density at radius 3 is 2.09 bits per heavy atom. The van der Waals surface area contributed by atoms with E-state index in [1.54, 1.807) is 67.4 Å². The number of nitrogens with zero attached hydrogens (tertiary/aromatic N) is 4. The SMILES string of the molecule is COc1cc(NC(=O)Nc2ccc(Oc3cc(-n4nc(C)c(C)c4C)ncn3)cc2)cc(OC)c1. The van der Waals surface area contributed by atoms with Gasteiger partial charge in [0, 0.05) is 41.3 Å². The normalized spacial score (nSPS) is 10.5. The summed E-state index contributed by atoms with van der Waals surface area (Å²) >= 11 is 0. The first-order valence-electron chi connectivity index (χ1n) is 10.8. The van der Waals surface area contributed by atoms with Crippen LogP contribution >= 0.6 is 0 Å². The number of benzene rings is 2. The smallest absolute Gasteiger partial charge is 0.323 e. The minimum atomic E-state index is -0.408. The van der Waals surface area contributed by atoms with Crippen LogP contribution in [0.15, 0.2) is 54.9 Å². The topological polar surface area (TPSA) is 112 Å². The Labute approximate surface area is 202 Å². The van der Waals surface area contributed by atoms with Crippen LogP contribution in [0.25, 0.3) is 5.82 Å². The largest absolute Gasteiger partial charge is 0.497 e. The quantitative estimate of drug-likeness (QED) is 0.386. The molecule has 35 heavy (non-hydrogen) atoms. The van der Waals surface area contributed by atoms with Gasteiger partial charge in [-0.2, -0.15) is 5.10 Å². The molecule has 180 valence electrons. The summed E-state index contributed by atoms with van der Waals surface area (Å²) in [5.74, 6) is 2.70. The zero-order chi connectivity index (χ0) is 24.9. The number of anilines is 2. The molecule has 10 heteroatoms. The van der Waals surface area contributed by atoms with Crippen LogP contribution in [0.3, 0.4) is 0 Å². The van der Waals surface area contributed by atoms with Crippen molar-refractivity contribution in [3.63, 3.8) is 0 Å². The zero-order valence-corrected chi connectivity index (χ0v) is 20.1. The summed E-state index contributed by atoms with van der Waals surface area (Å²) in [5, 5.41) is 10.1. The third-order valence-electron chi connectivity index (χ3n) is 5.44. The van der Waals surface area contributed by atoms with Crippen LogP contribution in [0.1, 0.15) is 17.0 Å². The summed E-state index contributed by atoms with van der Waals surface area (Å²) < 4.78 is 18.1. The number of methoxy groups -OCH3 is 2. The average molecular weight is 475 g/mol. The van der Waals surface area contributed by atoms with E-state index in [2.05, 4.69) is 25.7 Å². The molecule has 2 aromatic heterocycles. The number of aromatic nitrogens is 4. The summed E-state index contributed by atoms with van der Waals surface area (Å²) in [6, 6.07) is 13.4. The molecule has 0 aliphatic heterocycles. The fourth-order valence-corrected chi connectivity index (χ4v) is 3.35.